The summed E-state index contributed by atoms with van der Waals surface area (Å²) in [4.78, 5) is 0. The van der Waals surface area contributed by atoms with Gasteiger partial charge in [-0.2, -0.15) is 0 Å². The monoisotopic (exact) mass is 458 g/mol. The lowest BCUT2D eigenvalue weighted by Crippen LogP contribution is -2.19. The van der Waals surface area contributed by atoms with Gasteiger partial charge in [0.05, 0.1) is 0 Å². The van der Waals surface area contributed by atoms with Gasteiger partial charge in [-0.15, -0.1) is 0 Å². The zero-order valence-electron chi connectivity index (χ0n) is 18.3. The topological polar surface area (TPSA) is 121 Å². The summed E-state index contributed by atoms with van der Waals surface area (Å²) in [6.07, 6.45) is 11.9. The molecule has 0 aliphatic heterocycles. The van der Waals surface area contributed by atoms with Crippen LogP contribution in [-0.2, 0) is 0 Å². The average molecular weight is 459 g/mol. The molecule has 2 aromatic carbocycles. The van der Waals surface area contributed by atoms with E-state index in [4.69, 9.17) is 0 Å². The molecule has 6 rings (SSSR count). The first-order chi connectivity index (χ1) is 16.3. The number of allylic oxidation sites excluding steroid dienone is 6. The molecule has 4 aliphatic carbocycles. The van der Waals surface area contributed by atoms with Gasteiger partial charge in [-0.05, 0) is 84.1 Å². The Labute approximate surface area is 196 Å². The third-order valence-corrected chi connectivity index (χ3v) is 8.04. The largest absolute Gasteiger partial charge is 0.508 e. The lowest BCUT2D eigenvalue weighted by atomic mass is 9.73. The van der Waals surface area contributed by atoms with Crippen molar-refractivity contribution in [3.05, 3.63) is 94.5 Å². The number of phenolic OH excluding ortho intramolecular Hbond substituents is 4. The number of fused-ring (bicyclic) bond motifs is 5. The molecule has 6 N–H and O–H groups in total. The van der Waals surface area contributed by atoms with Crippen molar-refractivity contribution in [2.75, 3.05) is 0 Å². The van der Waals surface area contributed by atoms with Crippen LogP contribution in [0.2, 0.25) is 0 Å². The maximum Gasteiger partial charge on any atom is 0.123 e. The van der Waals surface area contributed by atoms with Crippen molar-refractivity contribution >= 4 is 0 Å². The van der Waals surface area contributed by atoms with Gasteiger partial charge in [0.25, 0.3) is 0 Å². The Morgan fingerprint density at radius 2 is 0.941 bits per heavy atom. The van der Waals surface area contributed by atoms with Crippen LogP contribution in [0, 0.1) is 11.8 Å². The molecule has 0 aromatic heterocycles. The highest BCUT2D eigenvalue weighted by Gasteiger charge is 2.56. The first-order valence-corrected chi connectivity index (χ1v) is 11.6. The van der Waals surface area contributed by atoms with E-state index in [1.807, 2.05) is 12.2 Å². The third-order valence-electron chi connectivity index (χ3n) is 8.04. The molecule has 3 unspecified atom stereocenters. The fourth-order valence-corrected chi connectivity index (χ4v) is 6.89. The lowest BCUT2D eigenvalue weighted by molar-refractivity contribution is 0.356. The van der Waals surface area contributed by atoms with Crippen LogP contribution in [0.1, 0.15) is 58.8 Å². The number of hydrogen-bond acceptors (Lipinski definition) is 6. The van der Waals surface area contributed by atoms with E-state index in [1.54, 1.807) is 36.4 Å². The summed E-state index contributed by atoms with van der Waals surface area (Å²) in [7, 11) is 0. The van der Waals surface area contributed by atoms with Crippen LogP contribution < -0.4 is 0 Å². The zero-order valence-corrected chi connectivity index (χ0v) is 18.3. The quantitative estimate of drug-likeness (QED) is 0.348. The number of rotatable bonds is 2. The Morgan fingerprint density at radius 3 is 1.29 bits per heavy atom. The summed E-state index contributed by atoms with van der Waals surface area (Å²) in [5.41, 5.74) is 3.22. The normalized spacial score (nSPS) is 30.9. The van der Waals surface area contributed by atoms with Crippen LogP contribution in [0.3, 0.4) is 0 Å². The Hall–Kier alpha value is -3.80. The van der Waals surface area contributed by atoms with E-state index in [0.29, 0.717) is 12.8 Å². The van der Waals surface area contributed by atoms with Gasteiger partial charge in [-0.1, -0.05) is 12.2 Å². The summed E-state index contributed by atoms with van der Waals surface area (Å²) in [6.45, 7) is 0. The maximum absolute atomic E-state index is 11.0. The molecule has 0 radical (unpaired) electrons. The van der Waals surface area contributed by atoms with Crippen molar-refractivity contribution in [2.45, 2.75) is 36.5 Å². The SMILES string of the molecule is OC1=CC[C@H](C2c3c(O)cc(O)cc3[C@@H]3C2c2cc(O)cc(O)c2C3[C@@H]2C=CC(O)=CC2)C=C1. The number of aliphatic hydroxyl groups is 2. The lowest BCUT2D eigenvalue weighted by Gasteiger charge is -2.30. The number of aliphatic hydroxyl groups excluding tert-OH is 2. The minimum absolute atomic E-state index is 0.0223. The van der Waals surface area contributed by atoms with Gasteiger partial charge in [0.15, 0.2) is 0 Å². The Morgan fingerprint density at radius 1 is 0.529 bits per heavy atom. The number of aromatic hydroxyl groups is 4. The predicted molar refractivity (Wildman–Crippen MR) is 126 cm³/mol. The molecule has 2 aromatic rings. The molecule has 0 saturated heterocycles. The van der Waals surface area contributed by atoms with Crippen molar-refractivity contribution in [1.29, 1.82) is 0 Å². The van der Waals surface area contributed by atoms with E-state index in [0.717, 1.165) is 22.3 Å². The van der Waals surface area contributed by atoms with Gasteiger partial charge in [-0.3, -0.25) is 0 Å². The minimum atomic E-state index is -0.178. The highest BCUT2D eigenvalue weighted by atomic mass is 16.3. The summed E-state index contributed by atoms with van der Waals surface area (Å²) < 4.78 is 0. The van der Waals surface area contributed by atoms with Crippen LogP contribution >= 0.6 is 0 Å². The summed E-state index contributed by atoms with van der Waals surface area (Å²) in [5.74, 6) is -0.286. The minimum Gasteiger partial charge on any atom is -0.508 e. The predicted octanol–water partition coefficient (Wildman–Crippen LogP) is 5.61. The molecule has 0 heterocycles. The summed E-state index contributed by atoms with van der Waals surface area (Å²) >= 11 is 0. The molecule has 0 spiro atoms. The second-order valence-corrected chi connectivity index (χ2v) is 9.81. The number of benzene rings is 2. The molecule has 34 heavy (non-hydrogen) atoms. The van der Waals surface area contributed by atoms with E-state index in [9.17, 15) is 30.6 Å². The fraction of sp³-hybridized carbons (Fsp3) is 0.286. The van der Waals surface area contributed by atoms with Crippen LogP contribution in [0.25, 0.3) is 0 Å². The molecule has 6 nitrogen and oxygen atoms in total. The van der Waals surface area contributed by atoms with Crippen LogP contribution in [0.15, 0.2) is 72.2 Å². The third kappa shape index (κ3) is 2.94. The molecule has 174 valence electrons. The average Bonchev–Trinajstić information content (AvgIpc) is 3.29. The zero-order chi connectivity index (χ0) is 23.7. The van der Waals surface area contributed by atoms with Crippen molar-refractivity contribution in [2.24, 2.45) is 11.8 Å². The van der Waals surface area contributed by atoms with Gasteiger partial charge < -0.3 is 30.6 Å². The van der Waals surface area contributed by atoms with Crippen LogP contribution in [0.5, 0.6) is 23.0 Å². The van der Waals surface area contributed by atoms with Gasteiger partial charge in [0.2, 0.25) is 0 Å². The molecule has 6 atom stereocenters. The number of hydrogen-bond donors (Lipinski definition) is 6. The molecule has 6 heteroatoms. The highest BCUT2D eigenvalue weighted by Crippen LogP contribution is 2.70. The van der Waals surface area contributed by atoms with Gasteiger partial charge in [0.1, 0.15) is 34.5 Å². The molecular formula is C28H26O6. The smallest absolute Gasteiger partial charge is 0.123 e. The molecule has 0 saturated carbocycles. The van der Waals surface area contributed by atoms with E-state index in [1.165, 1.54) is 12.1 Å². The summed E-state index contributed by atoms with van der Waals surface area (Å²) in [5, 5.41) is 62.6. The van der Waals surface area contributed by atoms with Crippen molar-refractivity contribution in [3.63, 3.8) is 0 Å². The van der Waals surface area contributed by atoms with Crippen LogP contribution in [0.4, 0.5) is 0 Å². The van der Waals surface area contributed by atoms with E-state index in [-0.39, 0.29) is 70.0 Å². The molecule has 0 amide bonds. The Bertz CT molecular complexity index is 1220. The van der Waals surface area contributed by atoms with Crippen molar-refractivity contribution in [3.8, 4) is 23.0 Å². The van der Waals surface area contributed by atoms with Gasteiger partial charge in [-0.25, -0.2) is 0 Å². The molecule has 0 bridgehead atoms. The molecule has 4 aliphatic rings. The Kier molecular flexibility index (Phi) is 4.49. The van der Waals surface area contributed by atoms with Gasteiger partial charge in [0, 0.05) is 35.1 Å². The van der Waals surface area contributed by atoms with Gasteiger partial charge >= 0.3 is 0 Å². The summed E-state index contributed by atoms with van der Waals surface area (Å²) in [6, 6.07) is 6.15. The molecule has 0 fully saturated rings. The van der Waals surface area contributed by atoms with Crippen molar-refractivity contribution in [1.82, 2.24) is 0 Å². The fourth-order valence-electron chi connectivity index (χ4n) is 6.89. The van der Waals surface area contributed by atoms with E-state index >= 15 is 0 Å². The standard InChI is InChI=1S/C28H26O6/c29-15-5-1-13(2-6-15)23-25-19(9-17(31)11-21(25)33)28-24(14-3-7-16(30)8-4-14)26-20(27(23)28)10-18(32)12-22(26)34/h1,3,5-14,23-24,27-34H,2,4H2/t13-,14-,23?,24?,27+,28?/m1/s1. The second kappa shape index (κ2) is 7.35. The second-order valence-electron chi connectivity index (χ2n) is 9.81. The first-order valence-electron chi connectivity index (χ1n) is 11.6. The van der Waals surface area contributed by atoms with Crippen LogP contribution in [-0.4, -0.2) is 30.6 Å². The Balaban J connectivity index is 1.59. The van der Waals surface area contributed by atoms with E-state index < -0.39 is 0 Å². The number of phenols is 4. The highest BCUT2D eigenvalue weighted by molar-refractivity contribution is 5.65. The van der Waals surface area contributed by atoms with Crippen molar-refractivity contribution < 1.29 is 30.6 Å². The van der Waals surface area contributed by atoms with E-state index in [2.05, 4.69) is 0 Å². The maximum atomic E-state index is 11.0. The molecular weight excluding hydrogens is 432 g/mol. The first kappa shape index (κ1) is 20.8.